The van der Waals surface area contributed by atoms with Gasteiger partial charge in [-0.15, -0.1) is 0 Å². The molecule has 19 heavy (non-hydrogen) atoms. The van der Waals surface area contributed by atoms with E-state index in [0.717, 1.165) is 0 Å². The van der Waals surface area contributed by atoms with Crippen LogP contribution in [-0.2, 0) is 9.53 Å². The normalized spacial score (nSPS) is 22.2. The number of carboxylic acid groups (broad SMARTS) is 1. The van der Waals surface area contributed by atoms with Gasteiger partial charge in [-0.2, -0.15) is 0 Å². The lowest BCUT2D eigenvalue weighted by Gasteiger charge is -2.23. The van der Waals surface area contributed by atoms with E-state index in [1.165, 1.54) is 0 Å². The van der Waals surface area contributed by atoms with Crippen LogP contribution < -0.4 is 11.1 Å². The van der Waals surface area contributed by atoms with Crippen molar-refractivity contribution in [1.29, 1.82) is 0 Å². The topological polar surface area (TPSA) is 102 Å². The minimum absolute atomic E-state index is 0.0236. The number of anilines is 1. The van der Waals surface area contributed by atoms with Crippen LogP contribution in [0.15, 0.2) is 22.7 Å². The molecule has 2 rings (SSSR count). The molecular weight excluding hydrogens is 316 g/mol. The summed E-state index contributed by atoms with van der Waals surface area (Å²) in [4.78, 5) is 23.4. The molecule has 1 aliphatic heterocycles. The number of rotatable bonds is 3. The average molecular weight is 329 g/mol. The highest BCUT2D eigenvalue weighted by Crippen LogP contribution is 2.23. The number of benzene rings is 1. The SMILES string of the molecule is Nc1ccc(C(=O)NC2(C(=O)O)CCOC2)cc1Br. The number of carboxylic acids is 1. The van der Waals surface area contributed by atoms with Crippen LogP contribution in [0.2, 0.25) is 0 Å². The van der Waals surface area contributed by atoms with Crippen LogP contribution in [-0.4, -0.2) is 35.7 Å². The lowest BCUT2D eigenvalue weighted by atomic mass is 9.98. The van der Waals surface area contributed by atoms with Crippen molar-refractivity contribution in [2.45, 2.75) is 12.0 Å². The zero-order valence-electron chi connectivity index (χ0n) is 9.98. The van der Waals surface area contributed by atoms with Gasteiger partial charge in [-0.25, -0.2) is 4.79 Å². The monoisotopic (exact) mass is 328 g/mol. The fourth-order valence-corrected chi connectivity index (χ4v) is 2.22. The standard InChI is InChI=1S/C12H13BrN2O4/c13-8-5-7(1-2-9(8)14)10(16)15-12(11(17)18)3-4-19-6-12/h1-2,5H,3-4,6,14H2,(H,15,16)(H,17,18). The molecule has 1 aromatic rings. The van der Waals surface area contributed by atoms with Crippen LogP contribution in [0.3, 0.4) is 0 Å². The number of halogens is 1. The van der Waals surface area contributed by atoms with Crippen molar-refractivity contribution in [3.05, 3.63) is 28.2 Å². The van der Waals surface area contributed by atoms with Crippen molar-refractivity contribution in [1.82, 2.24) is 5.32 Å². The predicted molar refractivity (Wildman–Crippen MR) is 71.8 cm³/mol. The van der Waals surface area contributed by atoms with Gasteiger partial charge in [0.1, 0.15) is 0 Å². The van der Waals surface area contributed by atoms with Crippen molar-refractivity contribution in [3.8, 4) is 0 Å². The number of aliphatic carboxylic acids is 1. The second kappa shape index (κ2) is 5.18. The number of nitrogen functional groups attached to an aromatic ring is 1. The molecule has 102 valence electrons. The van der Waals surface area contributed by atoms with Gasteiger partial charge in [-0.3, -0.25) is 4.79 Å². The molecule has 0 bridgehead atoms. The molecule has 1 saturated heterocycles. The van der Waals surface area contributed by atoms with Crippen LogP contribution in [0.1, 0.15) is 16.8 Å². The van der Waals surface area contributed by atoms with E-state index in [1.807, 2.05) is 0 Å². The van der Waals surface area contributed by atoms with Crippen LogP contribution >= 0.6 is 15.9 Å². The van der Waals surface area contributed by atoms with E-state index in [0.29, 0.717) is 22.3 Å². The smallest absolute Gasteiger partial charge is 0.331 e. The predicted octanol–water partition coefficient (Wildman–Crippen LogP) is 1.00. The zero-order valence-corrected chi connectivity index (χ0v) is 11.6. The quantitative estimate of drug-likeness (QED) is 0.718. The van der Waals surface area contributed by atoms with Gasteiger partial charge in [0.25, 0.3) is 5.91 Å². The molecule has 1 atom stereocenters. The summed E-state index contributed by atoms with van der Waals surface area (Å²) in [5.74, 6) is -1.55. The summed E-state index contributed by atoms with van der Waals surface area (Å²) in [6.45, 7) is 0.294. The number of carbonyl (C=O) groups is 2. The summed E-state index contributed by atoms with van der Waals surface area (Å²) in [5.41, 5.74) is 5.14. The van der Waals surface area contributed by atoms with E-state index < -0.39 is 17.4 Å². The van der Waals surface area contributed by atoms with Gasteiger partial charge in [0, 0.05) is 28.8 Å². The Morgan fingerprint density at radius 2 is 2.21 bits per heavy atom. The van der Waals surface area contributed by atoms with E-state index >= 15 is 0 Å². The minimum Gasteiger partial charge on any atom is -0.479 e. The molecule has 0 aromatic heterocycles. The van der Waals surface area contributed by atoms with Gasteiger partial charge in [0.2, 0.25) is 0 Å². The first-order chi connectivity index (χ1) is 8.94. The number of amides is 1. The number of carbonyl (C=O) groups excluding carboxylic acids is 1. The first kappa shape index (κ1) is 13.8. The van der Waals surface area contributed by atoms with Crippen molar-refractivity contribution >= 4 is 33.5 Å². The Balaban J connectivity index is 2.20. The first-order valence-electron chi connectivity index (χ1n) is 5.63. The molecule has 1 unspecified atom stereocenters. The highest BCUT2D eigenvalue weighted by molar-refractivity contribution is 9.10. The maximum Gasteiger partial charge on any atom is 0.331 e. The van der Waals surface area contributed by atoms with E-state index in [1.54, 1.807) is 18.2 Å². The summed E-state index contributed by atoms with van der Waals surface area (Å²) in [5, 5.41) is 11.8. The zero-order chi connectivity index (χ0) is 14.0. The lowest BCUT2D eigenvalue weighted by molar-refractivity contribution is -0.144. The van der Waals surface area contributed by atoms with Crippen LogP contribution in [0.4, 0.5) is 5.69 Å². The van der Waals surface area contributed by atoms with E-state index in [4.69, 9.17) is 10.5 Å². The molecule has 0 aliphatic carbocycles. The number of nitrogens with one attached hydrogen (secondary N) is 1. The van der Waals surface area contributed by atoms with Gasteiger partial charge >= 0.3 is 5.97 Å². The third kappa shape index (κ3) is 2.71. The molecule has 0 radical (unpaired) electrons. The lowest BCUT2D eigenvalue weighted by Crippen LogP contribution is -2.55. The van der Waals surface area contributed by atoms with E-state index in [-0.39, 0.29) is 13.0 Å². The Hall–Kier alpha value is -1.60. The van der Waals surface area contributed by atoms with Crippen LogP contribution in [0.5, 0.6) is 0 Å². The van der Waals surface area contributed by atoms with Gasteiger partial charge in [-0.05, 0) is 34.1 Å². The number of ether oxygens (including phenoxy) is 1. The highest BCUT2D eigenvalue weighted by atomic mass is 79.9. The Bertz CT molecular complexity index is 526. The molecule has 4 N–H and O–H groups in total. The maximum absolute atomic E-state index is 12.1. The molecule has 6 nitrogen and oxygen atoms in total. The van der Waals surface area contributed by atoms with Gasteiger partial charge in [0.05, 0.1) is 6.61 Å². The molecule has 7 heteroatoms. The second-order valence-electron chi connectivity index (χ2n) is 4.38. The fourth-order valence-electron chi connectivity index (χ4n) is 1.84. The van der Waals surface area contributed by atoms with E-state index in [2.05, 4.69) is 21.2 Å². The van der Waals surface area contributed by atoms with Crippen molar-refractivity contribution in [2.75, 3.05) is 18.9 Å². The summed E-state index contributed by atoms with van der Waals surface area (Å²) in [6, 6.07) is 4.67. The van der Waals surface area contributed by atoms with Crippen LogP contribution in [0.25, 0.3) is 0 Å². The van der Waals surface area contributed by atoms with Gasteiger partial charge < -0.3 is 20.9 Å². The second-order valence-corrected chi connectivity index (χ2v) is 5.23. The van der Waals surface area contributed by atoms with Crippen molar-refractivity contribution in [3.63, 3.8) is 0 Å². The average Bonchev–Trinajstić information content (AvgIpc) is 2.82. The highest BCUT2D eigenvalue weighted by Gasteiger charge is 2.44. The van der Waals surface area contributed by atoms with Crippen LogP contribution in [0, 0.1) is 0 Å². The van der Waals surface area contributed by atoms with Crippen molar-refractivity contribution in [2.24, 2.45) is 0 Å². The number of hydrogen-bond donors (Lipinski definition) is 3. The number of hydrogen-bond acceptors (Lipinski definition) is 4. The Morgan fingerprint density at radius 3 is 2.74 bits per heavy atom. The molecular formula is C12H13BrN2O4. The van der Waals surface area contributed by atoms with Gasteiger partial charge in [0.15, 0.2) is 5.54 Å². The Kier molecular flexibility index (Phi) is 3.77. The van der Waals surface area contributed by atoms with E-state index in [9.17, 15) is 14.7 Å². The Labute approximate surface area is 118 Å². The molecule has 0 spiro atoms. The molecule has 1 amide bonds. The third-order valence-corrected chi connectivity index (χ3v) is 3.73. The van der Waals surface area contributed by atoms with Crippen molar-refractivity contribution < 1.29 is 19.4 Å². The maximum atomic E-state index is 12.1. The fraction of sp³-hybridized carbons (Fsp3) is 0.333. The largest absolute Gasteiger partial charge is 0.479 e. The summed E-state index contributed by atoms with van der Waals surface area (Å²) >= 11 is 3.22. The first-order valence-corrected chi connectivity index (χ1v) is 6.43. The molecule has 1 heterocycles. The summed E-state index contributed by atoms with van der Waals surface area (Å²) < 4.78 is 5.67. The van der Waals surface area contributed by atoms with Gasteiger partial charge in [-0.1, -0.05) is 0 Å². The number of nitrogens with two attached hydrogens (primary N) is 1. The molecule has 1 fully saturated rings. The minimum atomic E-state index is -1.34. The third-order valence-electron chi connectivity index (χ3n) is 3.05. The summed E-state index contributed by atoms with van der Waals surface area (Å²) in [6.07, 6.45) is 0.254. The molecule has 1 aliphatic rings. The molecule has 0 saturated carbocycles. The molecule has 1 aromatic carbocycles. The summed E-state index contributed by atoms with van der Waals surface area (Å²) in [7, 11) is 0. The Morgan fingerprint density at radius 1 is 1.47 bits per heavy atom.